The Kier molecular flexibility index (Phi) is 4.15. The summed E-state index contributed by atoms with van der Waals surface area (Å²) in [6.45, 7) is 4.56. The minimum absolute atomic E-state index is 0.0647. The van der Waals surface area contributed by atoms with Crippen LogP contribution < -0.4 is 0 Å². The van der Waals surface area contributed by atoms with Crippen molar-refractivity contribution in [3.8, 4) is 6.07 Å². The minimum Gasteiger partial charge on any atom is -0.197 e. The zero-order valence-electron chi connectivity index (χ0n) is 12.1. The van der Waals surface area contributed by atoms with Crippen LogP contribution >= 0.6 is 0 Å². The van der Waals surface area contributed by atoms with Crippen LogP contribution in [0.1, 0.15) is 78.1 Å². The van der Waals surface area contributed by atoms with Crippen LogP contribution in [0.3, 0.4) is 0 Å². The molecule has 1 saturated carbocycles. The van der Waals surface area contributed by atoms with Crippen LogP contribution in [-0.4, -0.2) is 0 Å². The Hall–Kier alpha value is -0.770. The molecule has 2 rings (SSSR count). The lowest BCUT2D eigenvalue weighted by Gasteiger charge is -2.55. The molecular formula is C17H27N. The van der Waals surface area contributed by atoms with Gasteiger partial charge in [0.05, 0.1) is 11.5 Å². The van der Waals surface area contributed by atoms with Gasteiger partial charge in [0.2, 0.25) is 0 Å². The molecule has 1 fully saturated rings. The van der Waals surface area contributed by atoms with Crippen molar-refractivity contribution in [2.45, 2.75) is 78.1 Å². The van der Waals surface area contributed by atoms with E-state index in [2.05, 4.69) is 26.0 Å². The lowest BCUT2D eigenvalue weighted by molar-refractivity contribution is 0.00603. The Bertz CT molecular complexity index is 344. The van der Waals surface area contributed by atoms with E-state index in [-0.39, 0.29) is 5.41 Å². The average molecular weight is 245 g/mol. The smallest absolute Gasteiger partial charge is 0.0793 e. The van der Waals surface area contributed by atoms with E-state index < -0.39 is 0 Å². The predicted molar refractivity (Wildman–Crippen MR) is 76.1 cm³/mol. The highest BCUT2D eigenvalue weighted by Crippen LogP contribution is 2.63. The van der Waals surface area contributed by atoms with Crippen molar-refractivity contribution >= 4 is 0 Å². The Morgan fingerprint density at radius 1 is 1.17 bits per heavy atom. The molecular weight excluding hydrogens is 218 g/mol. The van der Waals surface area contributed by atoms with Crippen molar-refractivity contribution in [3.63, 3.8) is 0 Å². The fourth-order valence-electron chi connectivity index (χ4n) is 4.42. The van der Waals surface area contributed by atoms with Gasteiger partial charge in [0, 0.05) is 0 Å². The monoisotopic (exact) mass is 245 g/mol. The molecule has 100 valence electrons. The Labute approximate surface area is 112 Å². The summed E-state index contributed by atoms with van der Waals surface area (Å²) in [6, 6.07) is 2.69. The summed E-state index contributed by atoms with van der Waals surface area (Å²) >= 11 is 0. The second kappa shape index (κ2) is 5.47. The molecule has 0 aromatic carbocycles. The maximum Gasteiger partial charge on any atom is 0.0793 e. The van der Waals surface area contributed by atoms with Crippen LogP contribution in [0.25, 0.3) is 0 Å². The highest BCUT2D eigenvalue weighted by atomic mass is 14.6. The van der Waals surface area contributed by atoms with Crippen molar-refractivity contribution in [2.24, 2.45) is 10.8 Å². The molecule has 0 heterocycles. The zero-order chi connectivity index (χ0) is 13.1. The SMILES string of the molecule is CCCC1(CCC)CC(C#N)(C2=CCCCC2)C1. The van der Waals surface area contributed by atoms with E-state index in [1.54, 1.807) is 0 Å². The highest BCUT2D eigenvalue weighted by molar-refractivity contribution is 5.31. The first-order chi connectivity index (χ1) is 8.70. The van der Waals surface area contributed by atoms with E-state index in [9.17, 15) is 5.26 Å². The summed E-state index contributed by atoms with van der Waals surface area (Å²) in [7, 11) is 0. The molecule has 0 amide bonds. The quantitative estimate of drug-likeness (QED) is 0.597. The lowest BCUT2D eigenvalue weighted by atomic mass is 9.47. The van der Waals surface area contributed by atoms with Gasteiger partial charge in [-0.05, 0) is 56.8 Å². The van der Waals surface area contributed by atoms with E-state index in [1.807, 2.05) is 0 Å². The fraction of sp³-hybridized carbons (Fsp3) is 0.824. The highest BCUT2D eigenvalue weighted by Gasteiger charge is 2.55. The third-order valence-electron chi connectivity index (χ3n) is 5.03. The molecule has 0 atom stereocenters. The molecule has 0 aliphatic heterocycles. The van der Waals surface area contributed by atoms with Gasteiger partial charge < -0.3 is 0 Å². The van der Waals surface area contributed by atoms with Crippen molar-refractivity contribution in [2.75, 3.05) is 0 Å². The molecule has 0 aromatic heterocycles. The molecule has 0 N–H and O–H groups in total. The van der Waals surface area contributed by atoms with Gasteiger partial charge in [-0.3, -0.25) is 0 Å². The third kappa shape index (κ3) is 2.35. The summed E-state index contributed by atoms with van der Waals surface area (Å²) < 4.78 is 0. The molecule has 1 nitrogen and oxygen atoms in total. The molecule has 18 heavy (non-hydrogen) atoms. The van der Waals surface area contributed by atoms with Crippen LogP contribution in [-0.2, 0) is 0 Å². The minimum atomic E-state index is -0.0647. The van der Waals surface area contributed by atoms with Crippen molar-refractivity contribution in [1.82, 2.24) is 0 Å². The first kappa shape index (κ1) is 13.7. The lowest BCUT2D eigenvalue weighted by Crippen LogP contribution is -2.47. The maximum absolute atomic E-state index is 9.67. The molecule has 2 aliphatic rings. The summed E-state index contributed by atoms with van der Waals surface area (Å²) in [5, 5.41) is 9.67. The van der Waals surface area contributed by atoms with Crippen LogP contribution in [0.5, 0.6) is 0 Å². The van der Waals surface area contributed by atoms with Gasteiger partial charge in [0.25, 0.3) is 0 Å². The number of hydrogen-bond acceptors (Lipinski definition) is 1. The third-order valence-corrected chi connectivity index (χ3v) is 5.03. The second-order valence-corrected chi connectivity index (χ2v) is 6.52. The number of hydrogen-bond donors (Lipinski definition) is 0. The van der Waals surface area contributed by atoms with Crippen molar-refractivity contribution < 1.29 is 0 Å². The van der Waals surface area contributed by atoms with E-state index in [1.165, 1.54) is 56.9 Å². The normalized spacial score (nSPS) is 24.8. The predicted octanol–water partition coefficient (Wildman–Crippen LogP) is 5.38. The van der Waals surface area contributed by atoms with Crippen molar-refractivity contribution in [1.29, 1.82) is 5.26 Å². The van der Waals surface area contributed by atoms with Gasteiger partial charge in [0.15, 0.2) is 0 Å². The summed E-state index contributed by atoms with van der Waals surface area (Å²) in [5.74, 6) is 0. The van der Waals surface area contributed by atoms with Gasteiger partial charge in [-0.15, -0.1) is 0 Å². The van der Waals surface area contributed by atoms with Gasteiger partial charge in [-0.2, -0.15) is 5.26 Å². The first-order valence-electron chi connectivity index (χ1n) is 7.81. The van der Waals surface area contributed by atoms with Crippen LogP contribution in [0.15, 0.2) is 11.6 Å². The second-order valence-electron chi connectivity index (χ2n) is 6.52. The Morgan fingerprint density at radius 3 is 2.28 bits per heavy atom. The maximum atomic E-state index is 9.67. The Morgan fingerprint density at radius 2 is 1.83 bits per heavy atom. The van der Waals surface area contributed by atoms with Crippen LogP contribution in [0, 0.1) is 22.2 Å². The van der Waals surface area contributed by atoms with E-state index in [4.69, 9.17) is 0 Å². The molecule has 0 spiro atoms. The van der Waals surface area contributed by atoms with Gasteiger partial charge in [-0.1, -0.05) is 38.3 Å². The molecule has 1 heteroatoms. The Balaban J connectivity index is 2.10. The fourth-order valence-corrected chi connectivity index (χ4v) is 4.42. The topological polar surface area (TPSA) is 23.8 Å². The number of nitrogens with zero attached hydrogens (tertiary/aromatic N) is 1. The molecule has 0 aromatic rings. The molecule has 0 bridgehead atoms. The van der Waals surface area contributed by atoms with Crippen LogP contribution in [0.4, 0.5) is 0 Å². The first-order valence-corrected chi connectivity index (χ1v) is 7.81. The number of allylic oxidation sites excluding steroid dienone is 2. The van der Waals surface area contributed by atoms with E-state index in [0.29, 0.717) is 5.41 Å². The van der Waals surface area contributed by atoms with Gasteiger partial charge in [-0.25, -0.2) is 0 Å². The zero-order valence-corrected chi connectivity index (χ0v) is 12.1. The molecule has 0 saturated heterocycles. The standard InChI is InChI=1S/C17H27N/c1-3-10-16(11-4-2)12-17(13-16,14-18)15-8-6-5-7-9-15/h8H,3-7,9-13H2,1-2H3. The van der Waals surface area contributed by atoms with Crippen LogP contribution in [0.2, 0.25) is 0 Å². The number of rotatable bonds is 5. The molecule has 0 unspecified atom stereocenters. The number of nitriles is 1. The summed E-state index contributed by atoms with van der Waals surface area (Å²) in [6.07, 6.45) is 14.8. The van der Waals surface area contributed by atoms with Gasteiger partial charge >= 0.3 is 0 Å². The van der Waals surface area contributed by atoms with E-state index >= 15 is 0 Å². The molecule has 0 radical (unpaired) electrons. The summed E-state index contributed by atoms with van der Waals surface area (Å²) in [5.41, 5.74) is 1.92. The molecule has 2 aliphatic carbocycles. The summed E-state index contributed by atoms with van der Waals surface area (Å²) in [4.78, 5) is 0. The average Bonchev–Trinajstić information content (AvgIpc) is 2.36. The largest absolute Gasteiger partial charge is 0.197 e. The van der Waals surface area contributed by atoms with Gasteiger partial charge in [0.1, 0.15) is 0 Å². The van der Waals surface area contributed by atoms with Crippen molar-refractivity contribution in [3.05, 3.63) is 11.6 Å². The van der Waals surface area contributed by atoms with E-state index in [0.717, 1.165) is 12.8 Å².